The van der Waals surface area contributed by atoms with Gasteiger partial charge in [-0.2, -0.15) is 0 Å². The van der Waals surface area contributed by atoms with E-state index in [1.54, 1.807) is 7.11 Å². The largest absolute Gasteiger partial charge is 0.497 e. The maximum absolute atomic E-state index is 9.17. The Morgan fingerprint density at radius 2 is 1.74 bits per heavy atom. The van der Waals surface area contributed by atoms with Crippen molar-refractivity contribution in [3.05, 3.63) is 54.6 Å². The number of hydrogen-bond acceptors (Lipinski definition) is 5. The number of pyridine rings is 1. The summed E-state index contributed by atoms with van der Waals surface area (Å²) in [5.74, 6) is 1.89. The van der Waals surface area contributed by atoms with Gasteiger partial charge < -0.3 is 14.7 Å². The lowest BCUT2D eigenvalue weighted by Gasteiger charge is -2.35. The third-order valence-electron chi connectivity index (χ3n) is 5.19. The normalized spacial score (nSPS) is 15.3. The van der Waals surface area contributed by atoms with Crippen LogP contribution in [0.1, 0.15) is 0 Å². The Morgan fingerprint density at radius 3 is 2.44 bits per heavy atom. The number of methoxy groups -OCH3 is 1. The number of β-amino-alcohol motifs (C(OH)–C–C–N with tert-alkyl or cyclic N) is 1. The molecule has 5 nitrogen and oxygen atoms in total. The number of piperazine rings is 1. The van der Waals surface area contributed by atoms with Gasteiger partial charge >= 0.3 is 0 Å². The van der Waals surface area contributed by atoms with Crippen molar-refractivity contribution < 1.29 is 9.84 Å². The van der Waals surface area contributed by atoms with Crippen LogP contribution >= 0.6 is 0 Å². The average Bonchev–Trinajstić information content (AvgIpc) is 2.74. The summed E-state index contributed by atoms with van der Waals surface area (Å²) in [5, 5.41) is 11.6. The highest BCUT2D eigenvalue weighted by Crippen LogP contribution is 2.31. The molecule has 1 saturated heterocycles. The van der Waals surface area contributed by atoms with Gasteiger partial charge in [0.25, 0.3) is 0 Å². The number of anilines is 1. The van der Waals surface area contributed by atoms with E-state index < -0.39 is 0 Å². The van der Waals surface area contributed by atoms with E-state index in [1.807, 2.05) is 12.1 Å². The van der Waals surface area contributed by atoms with Crippen LogP contribution in [-0.2, 0) is 0 Å². The Hall–Kier alpha value is -2.63. The van der Waals surface area contributed by atoms with Gasteiger partial charge in [0.2, 0.25) is 0 Å². The highest BCUT2D eigenvalue weighted by molar-refractivity contribution is 5.95. The van der Waals surface area contributed by atoms with Gasteiger partial charge in [-0.15, -0.1) is 0 Å². The van der Waals surface area contributed by atoms with Crippen molar-refractivity contribution >= 4 is 16.6 Å². The van der Waals surface area contributed by atoms with Gasteiger partial charge in [-0.3, -0.25) is 4.90 Å². The third kappa shape index (κ3) is 3.75. The first-order valence-electron chi connectivity index (χ1n) is 9.41. The summed E-state index contributed by atoms with van der Waals surface area (Å²) < 4.78 is 5.27. The van der Waals surface area contributed by atoms with E-state index in [-0.39, 0.29) is 6.61 Å². The van der Waals surface area contributed by atoms with Crippen molar-refractivity contribution in [2.75, 3.05) is 51.3 Å². The van der Waals surface area contributed by atoms with Crippen molar-refractivity contribution in [3.8, 4) is 17.0 Å². The number of nitrogens with zero attached hydrogens (tertiary/aromatic N) is 3. The molecule has 1 aliphatic heterocycles. The number of aromatic nitrogens is 1. The monoisotopic (exact) mass is 363 g/mol. The maximum Gasteiger partial charge on any atom is 0.137 e. The zero-order valence-corrected chi connectivity index (χ0v) is 15.6. The van der Waals surface area contributed by atoms with Crippen LogP contribution < -0.4 is 9.64 Å². The van der Waals surface area contributed by atoms with E-state index in [0.717, 1.165) is 55.5 Å². The van der Waals surface area contributed by atoms with Crippen molar-refractivity contribution in [1.82, 2.24) is 9.88 Å². The summed E-state index contributed by atoms with van der Waals surface area (Å²) in [7, 11) is 1.68. The highest BCUT2D eigenvalue weighted by Gasteiger charge is 2.20. The summed E-state index contributed by atoms with van der Waals surface area (Å²) in [5.41, 5.74) is 2.06. The van der Waals surface area contributed by atoms with E-state index in [1.165, 1.54) is 10.8 Å². The molecule has 1 aromatic heterocycles. The molecule has 0 unspecified atom stereocenters. The quantitative estimate of drug-likeness (QED) is 0.755. The SMILES string of the molecule is COc1ccc(-c2cc3ccccc3c(N3CCN(CCO)CC3)n2)cc1. The molecule has 0 radical (unpaired) electrons. The molecule has 1 aliphatic rings. The Balaban J connectivity index is 1.70. The number of benzene rings is 2. The fourth-order valence-electron chi connectivity index (χ4n) is 3.66. The number of fused-ring (bicyclic) bond motifs is 1. The molecule has 0 amide bonds. The van der Waals surface area contributed by atoms with Crippen LogP contribution in [0.4, 0.5) is 5.82 Å². The zero-order valence-electron chi connectivity index (χ0n) is 15.6. The molecule has 0 saturated carbocycles. The second-order valence-corrected chi connectivity index (χ2v) is 6.83. The van der Waals surface area contributed by atoms with Crippen LogP contribution in [0.5, 0.6) is 5.75 Å². The molecule has 0 atom stereocenters. The van der Waals surface area contributed by atoms with Crippen LogP contribution in [0.3, 0.4) is 0 Å². The predicted molar refractivity (Wildman–Crippen MR) is 109 cm³/mol. The standard InChI is InChI=1S/C22H25N3O2/c1-27-19-8-6-17(7-9-19)21-16-18-4-2-3-5-20(18)22(23-21)25-12-10-24(11-13-25)14-15-26/h2-9,16,26H,10-15H2,1H3. The second-order valence-electron chi connectivity index (χ2n) is 6.83. The first-order valence-corrected chi connectivity index (χ1v) is 9.41. The Kier molecular flexibility index (Phi) is 5.23. The van der Waals surface area contributed by atoms with E-state index in [2.05, 4.69) is 52.3 Å². The fourth-order valence-corrected chi connectivity index (χ4v) is 3.66. The summed E-state index contributed by atoms with van der Waals surface area (Å²) in [6.45, 7) is 4.70. The van der Waals surface area contributed by atoms with E-state index in [9.17, 15) is 0 Å². The van der Waals surface area contributed by atoms with Crippen LogP contribution in [0.25, 0.3) is 22.0 Å². The number of hydrogen-bond donors (Lipinski definition) is 1. The molecule has 0 spiro atoms. The van der Waals surface area contributed by atoms with Crippen LogP contribution in [-0.4, -0.2) is 61.4 Å². The summed E-state index contributed by atoms with van der Waals surface area (Å²) in [4.78, 5) is 9.70. The van der Waals surface area contributed by atoms with Gasteiger partial charge in [0.15, 0.2) is 0 Å². The predicted octanol–water partition coefficient (Wildman–Crippen LogP) is 3.02. The van der Waals surface area contributed by atoms with Gasteiger partial charge in [0.1, 0.15) is 11.6 Å². The van der Waals surface area contributed by atoms with Gasteiger partial charge in [-0.1, -0.05) is 24.3 Å². The molecule has 5 heteroatoms. The molecule has 2 aromatic carbocycles. The van der Waals surface area contributed by atoms with Crippen molar-refractivity contribution in [1.29, 1.82) is 0 Å². The molecule has 1 fully saturated rings. The minimum absolute atomic E-state index is 0.216. The molecule has 0 aliphatic carbocycles. The van der Waals surface area contributed by atoms with Gasteiger partial charge in [0, 0.05) is 43.7 Å². The van der Waals surface area contributed by atoms with Gasteiger partial charge in [-0.25, -0.2) is 4.98 Å². The minimum atomic E-state index is 0.216. The molecule has 4 rings (SSSR count). The second kappa shape index (κ2) is 7.94. The average molecular weight is 363 g/mol. The van der Waals surface area contributed by atoms with Crippen molar-refractivity contribution in [3.63, 3.8) is 0 Å². The number of ether oxygens (including phenoxy) is 1. The topological polar surface area (TPSA) is 48.8 Å². The lowest BCUT2D eigenvalue weighted by atomic mass is 10.1. The Morgan fingerprint density at radius 1 is 1.00 bits per heavy atom. The first-order chi connectivity index (χ1) is 13.3. The van der Waals surface area contributed by atoms with Crippen LogP contribution in [0, 0.1) is 0 Å². The van der Waals surface area contributed by atoms with E-state index in [0.29, 0.717) is 0 Å². The molecule has 140 valence electrons. The molecule has 3 aromatic rings. The summed E-state index contributed by atoms with van der Waals surface area (Å²) in [6.07, 6.45) is 0. The molecule has 2 heterocycles. The smallest absolute Gasteiger partial charge is 0.137 e. The number of rotatable bonds is 5. The van der Waals surface area contributed by atoms with E-state index >= 15 is 0 Å². The Labute approximate surface area is 159 Å². The minimum Gasteiger partial charge on any atom is -0.497 e. The number of aliphatic hydroxyl groups is 1. The molecular formula is C22H25N3O2. The lowest BCUT2D eigenvalue weighted by molar-refractivity contribution is 0.188. The summed E-state index contributed by atoms with van der Waals surface area (Å²) in [6, 6.07) is 18.6. The molecule has 27 heavy (non-hydrogen) atoms. The first kappa shape index (κ1) is 17.8. The third-order valence-corrected chi connectivity index (χ3v) is 5.19. The number of aliphatic hydroxyl groups excluding tert-OH is 1. The van der Waals surface area contributed by atoms with Crippen LogP contribution in [0.15, 0.2) is 54.6 Å². The highest BCUT2D eigenvalue weighted by atomic mass is 16.5. The molecular weight excluding hydrogens is 338 g/mol. The van der Waals surface area contributed by atoms with Crippen molar-refractivity contribution in [2.45, 2.75) is 0 Å². The lowest BCUT2D eigenvalue weighted by Crippen LogP contribution is -2.47. The van der Waals surface area contributed by atoms with Gasteiger partial charge in [-0.05, 0) is 35.7 Å². The Bertz CT molecular complexity index is 903. The molecule has 0 bridgehead atoms. The van der Waals surface area contributed by atoms with Gasteiger partial charge in [0.05, 0.1) is 19.4 Å². The molecule has 1 N–H and O–H groups in total. The van der Waals surface area contributed by atoms with E-state index in [4.69, 9.17) is 14.8 Å². The van der Waals surface area contributed by atoms with Crippen molar-refractivity contribution in [2.24, 2.45) is 0 Å². The van der Waals surface area contributed by atoms with Crippen LogP contribution in [0.2, 0.25) is 0 Å². The fraction of sp³-hybridized carbons (Fsp3) is 0.318. The maximum atomic E-state index is 9.17. The summed E-state index contributed by atoms with van der Waals surface area (Å²) >= 11 is 0. The zero-order chi connectivity index (χ0) is 18.6.